The second-order valence-corrected chi connectivity index (χ2v) is 6.34. The second kappa shape index (κ2) is 6.44. The molecule has 0 unspecified atom stereocenters. The van der Waals surface area contributed by atoms with E-state index in [1.54, 1.807) is 11.8 Å². The molecule has 17 heavy (non-hydrogen) atoms. The van der Waals surface area contributed by atoms with Crippen molar-refractivity contribution in [3.8, 4) is 0 Å². The van der Waals surface area contributed by atoms with E-state index >= 15 is 0 Å². The lowest BCUT2D eigenvalue weighted by molar-refractivity contribution is -0.117. The maximum atomic E-state index is 11.3. The molecule has 2 rings (SSSR count). The third-order valence-corrected chi connectivity index (χ3v) is 4.72. The van der Waals surface area contributed by atoms with Crippen LogP contribution in [0.5, 0.6) is 0 Å². The van der Waals surface area contributed by atoms with Gasteiger partial charge in [0.1, 0.15) is 0 Å². The quantitative estimate of drug-likeness (QED) is 0.738. The Morgan fingerprint density at radius 2 is 2.35 bits per heavy atom. The topological polar surface area (TPSA) is 45.0 Å². The lowest BCUT2D eigenvalue weighted by atomic mass is 10.3. The van der Waals surface area contributed by atoms with Crippen molar-refractivity contribution in [2.24, 2.45) is 10.1 Å². The predicted octanol–water partition coefficient (Wildman–Crippen LogP) is 2.91. The van der Waals surface area contributed by atoms with Crippen LogP contribution in [0.15, 0.2) is 10.1 Å². The van der Waals surface area contributed by atoms with Crippen molar-refractivity contribution in [3.63, 3.8) is 0 Å². The van der Waals surface area contributed by atoms with Gasteiger partial charge in [-0.15, -0.1) is 0 Å². The average Bonchev–Trinajstić information content (AvgIpc) is 2.59. The molecule has 4 nitrogen and oxygen atoms in total. The highest BCUT2D eigenvalue weighted by molar-refractivity contribution is 8.45. The van der Waals surface area contributed by atoms with Crippen LogP contribution >= 0.6 is 23.5 Å². The summed E-state index contributed by atoms with van der Waals surface area (Å²) in [6.07, 6.45) is 5.15. The minimum Gasteiger partial charge on any atom is -0.273 e. The molecule has 94 valence electrons. The standard InChI is InChI=1S/C11H17N3OS2/c1-2-3-4-8-16-11-13-14-7-5-6-9(15)12-10(14)17-11/h2-8H2,1H3. The molecule has 0 aliphatic carbocycles. The van der Waals surface area contributed by atoms with Crippen LogP contribution in [0.25, 0.3) is 0 Å². The number of carbonyl (C=O) groups excluding carboxylic acids is 1. The zero-order valence-electron chi connectivity index (χ0n) is 10.0. The first-order chi connectivity index (χ1) is 8.29. The molecule has 0 radical (unpaired) electrons. The van der Waals surface area contributed by atoms with E-state index in [2.05, 4.69) is 17.0 Å². The number of hydrogen-bond donors (Lipinski definition) is 0. The van der Waals surface area contributed by atoms with Gasteiger partial charge in [0.2, 0.25) is 5.91 Å². The van der Waals surface area contributed by atoms with Gasteiger partial charge in [-0.05, 0) is 24.6 Å². The molecule has 0 spiro atoms. The maximum Gasteiger partial charge on any atom is 0.248 e. The van der Waals surface area contributed by atoms with Crippen LogP contribution < -0.4 is 0 Å². The number of hydrazone groups is 1. The third kappa shape index (κ3) is 3.74. The molecule has 6 heteroatoms. The van der Waals surface area contributed by atoms with Crippen LogP contribution in [0, 0.1) is 0 Å². The van der Waals surface area contributed by atoms with E-state index in [0.717, 1.165) is 28.3 Å². The van der Waals surface area contributed by atoms with Crippen LogP contribution in [-0.4, -0.2) is 32.8 Å². The van der Waals surface area contributed by atoms with Crippen LogP contribution in [0.4, 0.5) is 0 Å². The van der Waals surface area contributed by atoms with Gasteiger partial charge in [0.25, 0.3) is 0 Å². The van der Waals surface area contributed by atoms with Crippen molar-refractivity contribution in [3.05, 3.63) is 0 Å². The lowest BCUT2D eigenvalue weighted by Gasteiger charge is -2.08. The van der Waals surface area contributed by atoms with E-state index in [-0.39, 0.29) is 5.91 Å². The second-order valence-electron chi connectivity index (χ2n) is 4.04. The van der Waals surface area contributed by atoms with Gasteiger partial charge in [-0.25, -0.2) is 5.01 Å². The number of hydrogen-bond acceptors (Lipinski definition) is 5. The van der Waals surface area contributed by atoms with Gasteiger partial charge < -0.3 is 0 Å². The lowest BCUT2D eigenvalue weighted by Crippen LogP contribution is -2.18. The van der Waals surface area contributed by atoms with E-state index in [0.29, 0.717) is 6.42 Å². The predicted molar refractivity (Wildman–Crippen MR) is 75.4 cm³/mol. The van der Waals surface area contributed by atoms with Gasteiger partial charge in [0, 0.05) is 18.7 Å². The number of rotatable bonds is 4. The highest BCUT2D eigenvalue weighted by Crippen LogP contribution is 2.30. The highest BCUT2D eigenvalue weighted by atomic mass is 32.2. The Labute approximate surface area is 110 Å². The number of unbranched alkanes of at least 4 members (excludes halogenated alkanes) is 2. The van der Waals surface area contributed by atoms with Gasteiger partial charge >= 0.3 is 0 Å². The Bertz CT molecular complexity index is 355. The summed E-state index contributed by atoms with van der Waals surface area (Å²) in [7, 11) is 0. The summed E-state index contributed by atoms with van der Waals surface area (Å²) < 4.78 is 1.04. The molecule has 0 saturated heterocycles. The molecule has 2 heterocycles. The van der Waals surface area contributed by atoms with Gasteiger partial charge in [-0.2, -0.15) is 10.1 Å². The first-order valence-corrected chi connectivity index (χ1v) is 7.88. The zero-order valence-corrected chi connectivity index (χ0v) is 11.6. The van der Waals surface area contributed by atoms with E-state index in [9.17, 15) is 4.79 Å². The van der Waals surface area contributed by atoms with E-state index in [1.807, 2.05) is 5.01 Å². The molecule has 0 aromatic heterocycles. The number of carbonyl (C=O) groups is 1. The summed E-state index contributed by atoms with van der Waals surface area (Å²) in [6.45, 7) is 3.02. The molecule has 0 bridgehead atoms. The molecular formula is C11H17N3OS2. The van der Waals surface area contributed by atoms with Crippen molar-refractivity contribution < 1.29 is 4.79 Å². The van der Waals surface area contributed by atoms with Crippen LogP contribution in [0.2, 0.25) is 0 Å². The molecule has 0 atom stereocenters. The third-order valence-electron chi connectivity index (χ3n) is 2.56. The van der Waals surface area contributed by atoms with Crippen LogP contribution in [0.3, 0.4) is 0 Å². The molecule has 2 aliphatic rings. The van der Waals surface area contributed by atoms with Gasteiger partial charge in [0.05, 0.1) is 0 Å². The molecular weight excluding hydrogens is 254 g/mol. The van der Waals surface area contributed by atoms with Crippen molar-refractivity contribution in [1.29, 1.82) is 0 Å². The summed E-state index contributed by atoms with van der Waals surface area (Å²) in [5.41, 5.74) is 0. The van der Waals surface area contributed by atoms with E-state index in [1.165, 1.54) is 31.0 Å². The van der Waals surface area contributed by atoms with Crippen LogP contribution in [-0.2, 0) is 4.79 Å². The summed E-state index contributed by atoms with van der Waals surface area (Å²) >= 11 is 3.31. The van der Waals surface area contributed by atoms with Crippen LogP contribution in [0.1, 0.15) is 39.0 Å². The van der Waals surface area contributed by atoms with Gasteiger partial charge in [-0.1, -0.05) is 31.5 Å². The number of thioether (sulfide) groups is 2. The van der Waals surface area contributed by atoms with Crippen molar-refractivity contribution in [2.45, 2.75) is 39.0 Å². The normalized spacial score (nSPS) is 19.8. The maximum absolute atomic E-state index is 11.3. The Hall–Kier alpha value is -0.490. The Kier molecular flexibility index (Phi) is 4.91. The average molecular weight is 271 g/mol. The molecule has 0 N–H and O–H groups in total. The van der Waals surface area contributed by atoms with Crippen molar-refractivity contribution >= 4 is 39.0 Å². The fraction of sp³-hybridized carbons (Fsp3) is 0.727. The van der Waals surface area contributed by atoms with Gasteiger partial charge in [-0.3, -0.25) is 4.79 Å². The molecule has 0 fully saturated rings. The molecule has 0 aromatic carbocycles. The molecule has 1 amide bonds. The fourth-order valence-corrected chi connectivity index (χ4v) is 3.70. The SMILES string of the molecule is CCCCCSC1=NN2CCCC(=O)N=C2S1. The minimum atomic E-state index is -0.0116. The number of amides is 1. The smallest absolute Gasteiger partial charge is 0.248 e. The molecule has 0 saturated carbocycles. The summed E-state index contributed by atoms with van der Waals surface area (Å²) in [5, 5.41) is 7.14. The van der Waals surface area contributed by atoms with Gasteiger partial charge in [0.15, 0.2) is 9.54 Å². The Morgan fingerprint density at radius 3 is 3.18 bits per heavy atom. The molecule has 0 aromatic rings. The number of fused-ring (bicyclic) bond motifs is 1. The Balaban J connectivity index is 1.85. The van der Waals surface area contributed by atoms with Crippen molar-refractivity contribution in [2.75, 3.05) is 12.3 Å². The first kappa shape index (κ1) is 13.0. The fourth-order valence-electron chi connectivity index (χ4n) is 1.63. The van der Waals surface area contributed by atoms with E-state index in [4.69, 9.17) is 0 Å². The molecule has 2 aliphatic heterocycles. The summed E-state index contributed by atoms with van der Waals surface area (Å²) in [5.74, 6) is 1.09. The Morgan fingerprint density at radius 1 is 1.47 bits per heavy atom. The number of aliphatic imine (C=N–C) groups is 1. The summed E-state index contributed by atoms with van der Waals surface area (Å²) in [6, 6.07) is 0. The monoisotopic (exact) mass is 271 g/mol. The largest absolute Gasteiger partial charge is 0.273 e. The zero-order chi connectivity index (χ0) is 12.1. The highest BCUT2D eigenvalue weighted by Gasteiger charge is 2.26. The number of amidine groups is 1. The summed E-state index contributed by atoms with van der Waals surface area (Å²) in [4.78, 5) is 15.4. The number of nitrogens with zero attached hydrogens (tertiary/aromatic N) is 3. The van der Waals surface area contributed by atoms with E-state index < -0.39 is 0 Å². The van der Waals surface area contributed by atoms with Crippen molar-refractivity contribution in [1.82, 2.24) is 5.01 Å². The first-order valence-electron chi connectivity index (χ1n) is 6.08. The minimum absolute atomic E-state index is 0.0116.